The maximum atomic E-state index is 12.1. The molecule has 0 radical (unpaired) electrons. The Bertz CT molecular complexity index is 945. The molecular formula is C17H12Br4N2O4S. The summed E-state index contributed by atoms with van der Waals surface area (Å²) in [6, 6.07) is 6.76. The van der Waals surface area contributed by atoms with Crippen LogP contribution in [0.3, 0.4) is 0 Å². The van der Waals surface area contributed by atoms with Crippen LogP contribution in [0.1, 0.15) is 15.9 Å². The average molecular weight is 660 g/mol. The van der Waals surface area contributed by atoms with Crippen molar-refractivity contribution in [2.45, 2.75) is 6.92 Å². The van der Waals surface area contributed by atoms with Gasteiger partial charge in [-0.2, -0.15) is 0 Å². The topological polar surface area (TPSA) is 87.7 Å². The van der Waals surface area contributed by atoms with Crippen molar-refractivity contribution in [3.8, 4) is 5.75 Å². The maximum absolute atomic E-state index is 12.1. The number of ether oxygens (including phenoxy) is 1. The van der Waals surface area contributed by atoms with Crippen LogP contribution in [0, 0.1) is 6.92 Å². The van der Waals surface area contributed by atoms with Crippen molar-refractivity contribution in [2.75, 3.05) is 11.9 Å². The van der Waals surface area contributed by atoms with E-state index >= 15 is 0 Å². The molecule has 0 bridgehead atoms. The lowest BCUT2D eigenvalue weighted by Crippen LogP contribution is -2.37. The summed E-state index contributed by atoms with van der Waals surface area (Å²) in [5, 5.41) is 14.5. The Morgan fingerprint density at radius 1 is 1.07 bits per heavy atom. The highest BCUT2D eigenvalue weighted by atomic mass is 79.9. The number of thiocarbonyl (C=S) groups is 1. The van der Waals surface area contributed by atoms with Gasteiger partial charge in [-0.15, -0.1) is 0 Å². The second-order valence-electron chi connectivity index (χ2n) is 5.44. The molecule has 0 aromatic heterocycles. The molecule has 2 aromatic carbocycles. The van der Waals surface area contributed by atoms with Crippen LogP contribution in [-0.4, -0.2) is 28.7 Å². The molecule has 3 N–H and O–H groups in total. The third-order valence-electron chi connectivity index (χ3n) is 3.32. The predicted octanol–water partition coefficient (Wildman–Crippen LogP) is 5.64. The highest BCUT2D eigenvalue weighted by molar-refractivity contribution is 9.11. The Hall–Kier alpha value is -1.01. The molecule has 148 valence electrons. The average Bonchev–Trinajstić information content (AvgIpc) is 2.55. The first-order valence-electron chi connectivity index (χ1n) is 7.50. The quantitative estimate of drug-likeness (QED) is 0.361. The van der Waals surface area contributed by atoms with E-state index in [1.54, 1.807) is 6.07 Å². The number of hydrogen-bond acceptors (Lipinski definition) is 4. The van der Waals surface area contributed by atoms with E-state index in [0.29, 0.717) is 19.2 Å². The van der Waals surface area contributed by atoms with Crippen LogP contribution in [-0.2, 0) is 4.79 Å². The second kappa shape index (κ2) is 10.1. The number of carbonyl (C=O) groups is 2. The Morgan fingerprint density at radius 3 is 2.29 bits per heavy atom. The highest BCUT2D eigenvalue weighted by Gasteiger charge is 2.17. The van der Waals surface area contributed by atoms with Gasteiger partial charge in [0.1, 0.15) is 5.75 Å². The molecule has 0 spiro atoms. The summed E-state index contributed by atoms with van der Waals surface area (Å²) in [6.07, 6.45) is 0. The SMILES string of the molecule is Cc1cc(Br)cc(Br)c1OCC(=O)NC(=S)Nc1c(Br)cc(Br)cc1C(=O)O. The van der Waals surface area contributed by atoms with Crippen molar-refractivity contribution in [1.29, 1.82) is 0 Å². The smallest absolute Gasteiger partial charge is 0.337 e. The first-order chi connectivity index (χ1) is 13.1. The normalized spacial score (nSPS) is 10.3. The number of carbonyl (C=O) groups excluding carboxylic acids is 1. The van der Waals surface area contributed by atoms with Crippen LogP contribution in [0.4, 0.5) is 5.69 Å². The zero-order valence-electron chi connectivity index (χ0n) is 14.1. The molecule has 0 aliphatic carbocycles. The summed E-state index contributed by atoms with van der Waals surface area (Å²) < 4.78 is 8.21. The number of anilines is 1. The predicted molar refractivity (Wildman–Crippen MR) is 125 cm³/mol. The van der Waals surface area contributed by atoms with E-state index in [2.05, 4.69) is 74.4 Å². The monoisotopic (exact) mass is 656 g/mol. The van der Waals surface area contributed by atoms with Crippen molar-refractivity contribution in [3.05, 3.63) is 53.3 Å². The standard InChI is InChI=1S/C17H12Br4N2O4S/c1-7-2-8(18)5-12(21)15(7)27-6-13(24)22-17(28)23-14-10(16(25)26)3-9(19)4-11(14)20/h2-5H,6H2,1H3,(H,25,26)(H2,22,23,24,28). The van der Waals surface area contributed by atoms with Crippen LogP contribution in [0.5, 0.6) is 5.75 Å². The number of nitrogens with one attached hydrogen (secondary N) is 2. The lowest BCUT2D eigenvalue weighted by molar-refractivity contribution is -0.121. The van der Waals surface area contributed by atoms with Gasteiger partial charge in [0.25, 0.3) is 5.91 Å². The summed E-state index contributed by atoms with van der Waals surface area (Å²) in [7, 11) is 0. The zero-order valence-corrected chi connectivity index (χ0v) is 21.3. The van der Waals surface area contributed by atoms with Crippen LogP contribution in [0.15, 0.2) is 42.2 Å². The molecule has 2 rings (SSSR count). The lowest BCUT2D eigenvalue weighted by Gasteiger charge is -2.15. The van der Waals surface area contributed by atoms with E-state index in [4.69, 9.17) is 17.0 Å². The van der Waals surface area contributed by atoms with Crippen molar-refractivity contribution < 1.29 is 19.4 Å². The molecule has 0 saturated heterocycles. The molecule has 0 atom stereocenters. The second-order valence-corrected chi connectivity index (χ2v) is 9.39. The summed E-state index contributed by atoms with van der Waals surface area (Å²) >= 11 is 18.4. The van der Waals surface area contributed by atoms with Gasteiger partial charge >= 0.3 is 5.97 Å². The Kier molecular flexibility index (Phi) is 8.44. The van der Waals surface area contributed by atoms with Crippen LogP contribution in [0.2, 0.25) is 0 Å². The number of hydrogen-bond donors (Lipinski definition) is 3. The van der Waals surface area contributed by atoms with Gasteiger partial charge in [0, 0.05) is 13.4 Å². The largest absolute Gasteiger partial charge is 0.482 e. The number of aryl methyl sites for hydroxylation is 1. The minimum absolute atomic E-state index is 0.0106. The molecule has 11 heteroatoms. The Morgan fingerprint density at radius 2 is 1.68 bits per heavy atom. The number of halogens is 4. The molecule has 0 fully saturated rings. The first-order valence-corrected chi connectivity index (χ1v) is 11.1. The molecule has 0 heterocycles. The summed E-state index contributed by atoms with van der Waals surface area (Å²) in [5.41, 5.74) is 1.07. The Labute approximate surface area is 199 Å². The fourth-order valence-electron chi connectivity index (χ4n) is 2.19. The van der Waals surface area contributed by atoms with Gasteiger partial charge in [-0.25, -0.2) is 4.79 Å². The van der Waals surface area contributed by atoms with E-state index in [1.807, 2.05) is 19.1 Å². The summed E-state index contributed by atoms with van der Waals surface area (Å²) in [5.74, 6) is -1.09. The van der Waals surface area contributed by atoms with E-state index in [0.717, 1.165) is 10.0 Å². The van der Waals surface area contributed by atoms with Gasteiger partial charge in [-0.1, -0.05) is 31.9 Å². The molecule has 0 aliphatic rings. The lowest BCUT2D eigenvalue weighted by atomic mass is 10.2. The van der Waals surface area contributed by atoms with E-state index in [-0.39, 0.29) is 23.0 Å². The van der Waals surface area contributed by atoms with Crippen molar-refractivity contribution in [1.82, 2.24) is 5.32 Å². The fraction of sp³-hybridized carbons (Fsp3) is 0.118. The summed E-state index contributed by atoms with van der Waals surface area (Å²) in [6.45, 7) is 1.59. The third kappa shape index (κ3) is 6.24. The van der Waals surface area contributed by atoms with Crippen LogP contribution >= 0.6 is 75.9 Å². The fourth-order valence-corrected chi connectivity index (χ4v) is 5.28. The Balaban J connectivity index is 2.03. The molecule has 28 heavy (non-hydrogen) atoms. The van der Waals surface area contributed by atoms with Gasteiger partial charge in [0.15, 0.2) is 11.7 Å². The van der Waals surface area contributed by atoms with Gasteiger partial charge in [-0.05, 0) is 80.8 Å². The number of aromatic carboxylic acids is 1. The molecule has 6 nitrogen and oxygen atoms in total. The third-order valence-corrected chi connectivity index (χ3v) is 5.65. The number of rotatable bonds is 5. The van der Waals surface area contributed by atoms with E-state index < -0.39 is 11.9 Å². The molecule has 1 amide bonds. The molecule has 2 aromatic rings. The number of benzene rings is 2. The van der Waals surface area contributed by atoms with Crippen molar-refractivity contribution >= 4 is 98.6 Å². The number of carboxylic acids is 1. The summed E-state index contributed by atoms with van der Waals surface area (Å²) in [4.78, 5) is 23.6. The molecular weight excluding hydrogens is 648 g/mol. The minimum Gasteiger partial charge on any atom is -0.482 e. The van der Waals surface area contributed by atoms with Gasteiger partial charge in [-0.3, -0.25) is 10.1 Å². The molecule has 0 saturated carbocycles. The van der Waals surface area contributed by atoms with Crippen molar-refractivity contribution in [2.24, 2.45) is 0 Å². The van der Waals surface area contributed by atoms with Gasteiger partial charge in [0.2, 0.25) is 0 Å². The number of amides is 1. The van der Waals surface area contributed by atoms with E-state index in [1.165, 1.54) is 6.07 Å². The zero-order chi connectivity index (χ0) is 21.0. The number of carboxylic acid groups (broad SMARTS) is 1. The highest BCUT2D eigenvalue weighted by Crippen LogP contribution is 2.32. The van der Waals surface area contributed by atoms with Gasteiger partial charge < -0.3 is 15.2 Å². The maximum Gasteiger partial charge on any atom is 0.337 e. The van der Waals surface area contributed by atoms with Gasteiger partial charge in [0.05, 0.1) is 15.7 Å². The van der Waals surface area contributed by atoms with E-state index in [9.17, 15) is 14.7 Å². The van der Waals surface area contributed by atoms with Crippen LogP contribution < -0.4 is 15.4 Å². The molecule has 0 aliphatic heterocycles. The minimum atomic E-state index is -1.14. The van der Waals surface area contributed by atoms with Crippen molar-refractivity contribution in [3.63, 3.8) is 0 Å². The first kappa shape index (κ1) is 23.3. The van der Waals surface area contributed by atoms with Crippen LogP contribution in [0.25, 0.3) is 0 Å². The molecule has 0 unspecified atom stereocenters.